The van der Waals surface area contributed by atoms with Gasteiger partial charge in [-0.15, -0.1) is 13.2 Å². The van der Waals surface area contributed by atoms with Gasteiger partial charge in [0.05, 0.1) is 0 Å². The van der Waals surface area contributed by atoms with Gasteiger partial charge in [0.1, 0.15) is 12.1 Å². The van der Waals surface area contributed by atoms with Crippen LogP contribution in [0, 0.1) is 17.8 Å². The first-order chi connectivity index (χ1) is 23.8. The molecule has 0 unspecified atom stereocenters. The number of hydrogen-bond acceptors (Lipinski definition) is 4. The molecule has 0 radical (unpaired) electrons. The standard InChI is InChI=1S/C44H61NO4Si/c1-10-34(3)31-36(5)42(46)45(9)41(33-37-23-15-12-16-24-37)43(47)49-38(32-35(4)11-2)25-21-22-30-48-50(44(6,7)8,39-26-17-13-18-27-39)40-28-19-14-20-29-40/h10-20,23-24,26-29,34-36,38,41H,1-2,21-22,25,30-33H2,3-9H3/t34-,35-,36-,38-,41+/m1/s1. The number of benzene rings is 3. The molecule has 3 aromatic carbocycles. The molecule has 3 aromatic rings. The Kier molecular flexibility index (Phi) is 15.9. The lowest BCUT2D eigenvalue weighted by Crippen LogP contribution is -2.66. The summed E-state index contributed by atoms with van der Waals surface area (Å²) in [5.74, 6) is -0.293. The Morgan fingerprint density at radius 2 is 1.28 bits per heavy atom. The van der Waals surface area contributed by atoms with Crippen LogP contribution in [-0.4, -0.2) is 50.9 Å². The maximum atomic E-state index is 14.0. The van der Waals surface area contributed by atoms with Crippen molar-refractivity contribution in [2.45, 2.75) is 97.3 Å². The summed E-state index contributed by atoms with van der Waals surface area (Å²) in [6, 6.07) is 30.5. The fourth-order valence-electron chi connectivity index (χ4n) is 6.91. The number of amides is 1. The molecule has 1 amide bonds. The number of carbonyl (C=O) groups is 2. The second-order valence-corrected chi connectivity index (χ2v) is 19.3. The topological polar surface area (TPSA) is 55.8 Å². The Labute approximate surface area is 303 Å². The number of likely N-dealkylation sites (N-methyl/N-ethyl adjacent to an activating group) is 1. The van der Waals surface area contributed by atoms with Gasteiger partial charge >= 0.3 is 5.97 Å². The van der Waals surface area contributed by atoms with E-state index < -0.39 is 14.4 Å². The Morgan fingerprint density at radius 1 is 0.780 bits per heavy atom. The number of ether oxygens (including phenoxy) is 1. The van der Waals surface area contributed by atoms with E-state index in [1.54, 1.807) is 11.9 Å². The first-order valence-corrected chi connectivity index (χ1v) is 20.3. The Morgan fingerprint density at radius 3 is 1.78 bits per heavy atom. The minimum Gasteiger partial charge on any atom is -0.461 e. The largest absolute Gasteiger partial charge is 0.461 e. The number of unbranched alkanes of at least 4 members (excludes halogenated alkanes) is 1. The zero-order valence-corrected chi connectivity index (χ0v) is 32.6. The van der Waals surface area contributed by atoms with Gasteiger partial charge in [-0.1, -0.05) is 145 Å². The molecule has 0 aromatic heterocycles. The third-order valence-corrected chi connectivity index (χ3v) is 14.9. The van der Waals surface area contributed by atoms with Crippen LogP contribution < -0.4 is 10.4 Å². The van der Waals surface area contributed by atoms with Crippen molar-refractivity contribution in [2.24, 2.45) is 17.8 Å². The van der Waals surface area contributed by atoms with Crippen molar-refractivity contribution >= 4 is 30.6 Å². The average Bonchev–Trinajstić information content (AvgIpc) is 3.11. The molecule has 5 atom stereocenters. The molecule has 0 aliphatic heterocycles. The van der Waals surface area contributed by atoms with Gasteiger partial charge in [0.2, 0.25) is 5.91 Å². The number of carbonyl (C=O) groups excluding carboxylic acids is 2. The summed E-state index contributed by atoms with van der Waals surface area (Å²) in [6.45, 7) is 21.4. The molecule has 6 heteroatoms. The highest BCUT2D eigenvalue weighted by molar-refractivity contribution is 6.99. The van der Waals surface area contributed by atoms with Gasteiger partial charge in [-0.2, -0.15) is 0 Å². The van der Waals surface area contributed by atoms with E-state index in [9.17, 15) is 9.59 Å². The summed E-state index contributed by atoms with van der Waals surface area (Å²) in [4.78, 5) is 29.2. The first-order valence-electron chi connectivity index (χ1n) is 18.3. The molecule has 5 nitrogen and oxygen atoms in total. The number of esters is 1. The lowest BCUT2D eigenvalue weighted by molar-refractivity contribution is -0.160. The van der Waals surface area contributed by atoms with E-state index in [2.05, 4.69) is 108 Å². The van der Waals surface area contributed by atoms with E-state index >= 15 is 0 Å². The second kappa shape index (κ2) is 19.6. The van der Waals surface area contributed by atoms with Gasteiger partial charge in [0.15, 0.2) is 0 Å². The van der Waals surface area contributed by atoms with Crippen LogP contribution in [0.1, 0.15) is 79.2 Å². The molecule has 0 heterocycles. The molecular weight excluding hydrogens is 635 g/mol. The van der Waals surface area contributed by atoms with E-state index in [0.29, 0.717) is 32.3 Å². The van der Waals surface area contributed by atoms with Crippen LogP contribution in [0.4, 0.5) is 0 Å². The van der Waals surface area contributed by atoms with E-state index in [-0.39, 0.29) is 40.8 Å². The SMILES string of the molecule is C=C[C@@H](C)C[C@@H](CCCCO[Si](c1ccccc1)(c1ccccc1)C(C)(C)C)OC(=O)[C@H](Cc1ccccc1)N(C)C(=O)[C@H](C)C[C@H](C)C=C. The van der Waals surface area contributed by atoms with Crippen molar-refractivity contribution in [3.63, 3.8) is 0 Å². The van der Waals surface area contributed by atoms with Gasteiger partial charge < -0.3 is 14.1 Å². The molecule has 3 rings (SSSR count). The Hall–Kier alpha value is -3.74. The number of allylic oxidation sites excluding steroid dienone is 2. The molecule has 0 bridgehead atoms. The highest BCUT2D eigenvalue weighted by atomic mass is 28.4. The van der Waals surface area contributed by atoms with E-state index in [0.717, 1.165) is 18.4 Å². The summed E-state index contributed by atoms with van der Waals surface area (Å²) in [6.07, 6.45) is 7.60. The van der Waals surface area contributed by atoms with Crippen molar-refractivity contribution in [3.05, 3.63) is 122 Å². The predicted octanol–water partition coefficient (Wildman–Crippen LogP) is 8.78. The lowest BCUT2D eigenvalue weighted by Gasteiger charge is -2.43. The van der Waals surface area contributed by atoms with Crippen molar-refractivity contribution in [1.29, 1.82) is 0 Å². The van der Waals surface area contributed by atoms with Crippen molar-refractivity contribution in [2.75, 3.05) is 13.7 Å². The Bertz CT molecular complexity index is 1430. The zero-order valence-electron chi connectivity index (χ0n) is 31.6. The van der Waals surface area contributed by atoms with Crippen LogP contribution in [-0.2, 0) is 25.2 Å². The number of nitrogens with zero attached hydrogens (tertiary/aromatic N) is 1. The van der Waals surface area contributed by atoms with Crippen LogP contribution in [0.15, 0.2) is 116 Å². The molecular formula is C44H61NO4Si. The highest BCUT2D eigenvalue weighted by Gasteiger charge is 2.50. The summed E-state index contributed by atoms with van der Waals surface area (Å²) in [7, 11) is -0.892. The van der Waals surface area contributed by atoms with Gasteiger partial charge in [-0.3, -0.25) is 4.79 Å². The van der Waals surface area contributed by atoms with Crippen LogP contribution in [0.2, 0.25) is 5.04 Å². The quantitative estimate of drug-likeness (QED) is 0.0514. The molecule has 270 valence electrons. The molecule has 50 heavy (non-hydrogen) atoms. The van der Waals surface area contributed by atoms with Crippen molar-refractivity contribution < 1.29 is 18.8 Å². The first kappa shape index (κ1) is 40.7. The monoisotopic (exact) mass is 695 g/mol. The maximum absolute atomic E-state index is 14.0. The maximum Gasteiger partial charge on any atom is 0.329 e. The van der Waals surface area contributed by atoms with Crippen LogP contribution >= 0.6 is 0 Å². The highest BCUT2D eigenvalue weighted by Crippen LogP contribution is 2.37. The summed E-state index contributed by atoms with van der Waals surface area (Å²) in [5.41, 5.74) is 0.984. The van der Waals surface area contributed by atoms with Crippen molar-refractivity contribution in [3.8, 4) is 0 Å². The zero-order chi connectivity index (χ0) is 36.7. The van der Waals surface area contributed by atoms with Crippen LogP contribution in [0.5, 0.6) is 0 Å². The normalized spacial score (nSPS) is 14.9. The molecule has 0 saturated heterocycles. The van der Waals surface area contributed by atoms with Gasteiger partial charge in [-0.05, 0) is 64.9 Å². The van der Waals surface area contributed by atoms with Crippen molar-refractivity contribution in [1.82, 2.24) is 4.90 Å². The molecule has 0 N–H and O–H groups in total. The summed E-state index contributed by atoms with van der Waals surface area (Å²) < 4.78 is 13.4. The van der Waals surface area contributed by atoms with E-state index in [1.165, 1.54) is 10.4 Å². The molecule has 0 fully saturated rings. The fraction of sp³-hybridized carbons (Fsp3) is 0.455. The smallest absolute Gasteiger partial charge is 0.329 e. The molecule has 0 spiro atoms. The third-order valence-electron chi connectivity index (χ3n) is 9.88. The molecule has 0 aliphatic carbocycles. The van der Waals surface area contributed by atoms with Gasteiger partial charge in [0.25, 0.3) is 8.32 Å². The van der Waals surface area contributed by atoms with Crippen LogP contribution in [0.3, 0.4) is 0 Å². The lowest BCUT2D eigenvalue weighted by atomic mass is 9.95. The van der Waals surface area contributed by atoms with E-state index in [1.807, 2.05) is 49.4 Å². The molecule has 0 aliphatic rings. The Balaban J connectivity index is 1.77. The summed E-state index contributed by atoms with van der Waals surface area (Å²) >= 11 is 0. The minimum absolute atomic E-state index is 0.0620. The molecule has 0 saturated carbocycles. The van der Waals surface area contributed by atoms with E-state index in [4.69, 9.17) is 9.16 Å². The average molecular weight is 696 g/mol. The van der Waals surface area contributed by atoms with Gasteiger partial charge in [0, 0.05) is 26.0 Å². The second-order valence-electron chi connectivity index (χ2n) is 15.0. The van der Waals surface area contributed by atoms with Crippen LogP contribution in [0.25, 0.3) is 0 Å². The number of rotatable bonds is 20. The predicted molar refractivity (Wildman–Crippen MR) is 211 cm³/mol. The fourth-order valence-corrected chi connectivity index (χ4v) is 11.5. The minimum atomic E-state index is -2.62. The summed E-state index contributed by atoms with van der Waals surface area (Å²) in [5, 5.41) is 2.44. The van der Waals surface area contributed by atoms with Gasteiger partial charge in [-0.25, -0.2) is 4.79 Å². The number of hydrogen-bond donors (Lipinski definition) is 0. The third kappa shape index (κ3) is 11.1.